The van der Waals surface area contributed by atoms with Gasteiger partial charge in [0, 0.05) is 11.6 Å². The average molecular weight is 402 g/mol. The lowest BCUT2D eigenvalue weighted by atomic mass is 10.3. The highest BCUT2D eigenvalue weighted by molar-refractivity contribution is 7.91. The van der Waals surface area contributed by atoms with Crippen LogP contribution in [0.3, 0.4) is 0 Å². The summed E-state index contributed by atoms with van der Waals surface area (Å²) >= 11 is 1.41. The number of sulfone groups is 1. The van der Waals surface area contributed by atoms with Crippen molar-refractivity contribution in [2.24, 2.45) is 0 Å². The Morgan fingerprint density at radius 2 is 1.85 bits per heavy atom. The molecule has 0 aliphatic carbocycles. The first-order chi connectivity index (χ1) is 13.0. The molecule has 3 rings (SSSR count). The van der Waals surface area contributed by atoms with Gasteiger partial charge in [-0.05, 0) is 30.7 Å². The fourth-order valence-corrected chi connectivity index (χ4v) is 4.48. The van der Waals surface area contributed by atoms with Crippen LogP contribution in [0.4, 0.5) is 0 Å². The Kier molecular flexibility index (Phi) is 6.31. The van der Waals surface area contributed by atoms with Gasteiger partial charge in [0.2, 0.25) is 0 Å². The van der Waals surface area contributed by atoms with Crippen LogP contribution < -0.4 is 0 Å². The third-order valence-electron chi connectivity index (χ3n) is 3.68. The third kappa shape index (κ3) is 5.45. The second-order valence-corrected chi connectivity index (χ2v) is 8.71. The van der Waals surface area contributed by atoms with Crippen molar-refractivity contribution in [2.75, 3.05) is 12.4 Å². The Bertz CT molecular complexity index is 987. The topological polar surface area (TPSA) is 86.2 Å². The number of pyridine rings is 1. The number of aromatic nitrogens is 2. The van der Waals surface area contributed by atoms with Crippen molar-refractivity contribution in [2.45, 2.75) is 17.7 Å². The molecule has 0 bridgehead atoms. The lowest BCUT2D eigenvalue weighted by molar-refractivity contribution is -0.142. The number of thiazole rings is 1. The van der Waals surface area contributed by atoms with Crippen LogP contribution in [0.5, 0.6) is 0 Å². The molecule has 1 aromatic carbocycles. The molecule has 2 aromatic heterocycles. The molecule has 8 heteroatoms. The molecule has 2 heterocycles. The molecular weight excluding hydrogens is 384 g/mol. The second kappa shape index (κ2) is 8.88. The minimum atomic E-state index is -3.35. The van der Waals surface area contributed by atoms with E-state index in [1.165, 1.54) is 11.3 Å². The number of carbonyl (C=O) groups is 1. The Balaban J connectivity index is 1.45. The van der Waals surface area contributed by atoms with Gasteiger partial charge in [-0.15, -0.1) is 11.3 Å². The molecular formula is C19H18N2O4S2. The van der Waals surface area contributed by atoms with Gasteiger partial charge in [-0.2, -0.15) is 0 Å². The molecule has 0 radical (unpaired) electrons. The standard InChI is InChI=1S/C19H18N2O4S2/c22-18(13-15-14-26-19(21-15)17-9-4-5-10-20-17)25-11-6-12-27(23,24)16-7-2-1-3-8-16/h1-5,7-10,14H,6,11-13H2. The Morgan fingerprint density at radius 3 is 2.59 bits per heavy atom. The van der Waals surface area contributed by atoms with E-state index in [9.17, 15) is 13.2 Å². The van der Waals surface area contributed by atoms with E-state index in [4.69, 9.17) is 4.74 Å². The van der Waals surface area contributed by atoms with Crippen molar-refractivity contribution in [3.05, 3.63) is 65.8 Å². The predicted octanol–water partition coefficient (Wildman–Crippen LogP) is 3.15. The van der Waals surface area contributed by atoms with Gasteiger partial charge in [0.1, 0.15) is 5.01 Å². The largest absolute Gasteiger partial charge is 0.465 e. The van der Waals surface area contributed by atoms with Crippen LogP contribution in [0.2, 0.25) is 0 Å². The van der Waals surface area contributed by atoms with Gasteiger partial charge in [0.05, 0.1) is 35.1 Å². The summed E-state index contributed by atoms with van der Waals surface area (Å²) < 4.78 is 29.4. The Morgan fingerprint density at radius 1 is 1.07 bits per heavy atom. The summed E-state index contributed by atoms with van der Waals surface area (Å²) in [7, 11) is -3.35. The van der Waals surface area contributed by atoms with Crippen LogP contribution in [0, 0.1) is 0 Å². The molecule has 0 saturated heterocycles. The molecule has 27 heavy (non-hydrogen) atoms. The quantitative estimate of drug-likeness (QED) is 0.425. The monoisotopic (exact) mass is 402 g/mol. The van der Waals surface area contributed by atoms with Crippen LogP contribution >= 0.6 is 11.3 Å². The fraction of sp³-hybridized carbons (Fsp3) is 0.211. The van der Waals surface area contributed by atoms with E-state index in [1.807, 2.05) is 18.2 Å². The second-order valence-electron chi connectivity index (χ2n) is 5.74. The number of rotatable bonds is 8. The SMILES string of the molecule is O=C(Cc1csc(-c2ccccn2)n1)OCCCS(=O)(=O)c1ccccc1. The van der Waals surface area contributed by atoms with Crippen molar-refractivity contribution in [3.8, 4) is 10.7 Å². The lowest BCUT2D eigenvalue weighted by Gasteiger charge is -2.05. The molecule has 0 aliphatic rings. The maximum atomic E-state index is 12.2. The minimum absolute atomic E-state index is 0.0504. The molecule has 0 atom stereocenters. The van der Waals surface area contributed by atoms with Crippen LogP contribution in [0.15, 0.2) is 65.0 Å². The van der Waals surface area contributed by atoms with Gasteiger partial charge in [-0.3, -0.25) is 9.78 Å². The number of ether oxygens (including phenoxy) is 1. The maximum absolute atomic E-state index is 12.2. The van der Waals surface area contributed by atoms with Crippen LogP contribution in [0.1, 0.15) is 12.1 Å². The van der Waals surface area contributed by atoms with Gasteiger partial charge in [-0.25, -0.2) is 13.4 Å². The number of carbonyl (C=O) groups excluding carboxylic acids is 1. The van der Waals surface area contributed by atoms with Crippen molar-refractivity contribution in [1.29, 1.82) is 0 Å². The molecule has 3 aromatic rings. The average Bonchev–Trinajstić information content (AvgIpc) is 3.15. The molecule has 0 unspecified atom stereocenters. The van der Waals surface area contributed by atoms with Gasteiger partial charge < -0.3 is 4.74 Å². The number of esters is 1. The zero-order chi connectivity index (χ0) is 19.1. The minimum Gasteiger partial charge on any atom is -0.465 e. The number of hydrogen-bond acceptors (Lipinski definition) is 7. The van der Waals surface area contributed by atoms with Gasteiger partial charge in [0.25, 0.3) is 0 Å². The first-order valence-electron chi connectivity index (χ1n) is 8.34. The number of nitrogens with zero attached hydrogens (tertiary/aromatic N) is 2. The van der Waals surface area contributed by atoms with Crippen molar-refractivity contribution in [3.63, 3.8) is 0 Å². The van der Waals surface area contributed by atoms with E-state index in [-0.39, 0.29) is 30.1 Å². The highest BCUT2D eigenvalue weighted by Gasteiger charge is 2.14. The highest BCUT2D eigenvalue weighted by Crippen LogP contribution is 2.21. The van der Waals surface area contributed by atoms with Gasteiger partial charge >= 0.3 is 5.97 Å². The molecule has 0 saturated carbocycles. The first-order valence-corrected chi connectivity index (χ1v) is 10.9. The summed E-state index contributed by atoms with van der Waals surface area (Å²) in [5.41, 5.74) is 1.37. The highest BCUT2D eigenvalue weighted by atomic mass is 32.2. The first kappa shape index (κ1) is 19.2. The summed E-state index contributed by atoms with van der Waals surface area (Å²) in [6, 6.07) is 13.8. The smallest absolute Gasteiger partial charge is 0.311 e. The summed E-state index contributed by atoms with van der Waals surface area (Å²) in [5, 5.41) is 2.54. The van der Waals surface area contributed by atoms with E-state index in [2.05, 4.69) is 9.97 Å². The van der Waals surface area contributed by atoms with E-state index in [1.54, 1.807) is 41.9 Å². The lowest BCUT2D eigenvalue weighted by Crippen LogP contribution is -2.13. The zero-order valence-electron chi connectivity index (χ0n) is 14.4. The summed E-state index contributed by atoms with van der Waals surface area (Å²) in [5.74, 6) is -0.491. The maximum Gasteiger partial charge on any atom is 0.311 e. The molecule has 0 amide bonds. The molecule has 0 N–H and O–H groups in total. The van der Waals surface area contributed by atoms with E-state index in [0.29, 0.717) is 5.69 Å². The van der Waals surface area contributed by atoms with Gasteiger partial charge in [-0.1, -0.05) is 24.3 Å². The Labute approximate surface area is 161 Å². The zero-order valence-corrected chi connectivity index (χ0v) is 16.1. The van der Waals surface area contributed by atoms with Crippen molar-refractivity contribution >= 4 is 27.1 Å². The molecule has 0 aliphatic heterocycles. The van der Waals surface area contributed by atoms with Crippen LogP contribution in [-0.2, 0) is 25.8 Å². The van der Waals surface area contributed by atoms with Crippen LogP contribution in [0.25, 0.3) is 10.7 Å². The van der Waals surface area contributed by atoms with E-state index < -0.39 is 15.8 Å². The Hall–Kier alpha value is -2.58. The summed E-state index contributed by atoms with van der Waals surface area (Å²) in [4.78, 5) is 20.8. The molecule has 0 fully saturated rings. The summed E-state index contributed by atoms with van der Waals surface area (Å²) in [6.07, 6.45) is 1.99. The van der Waals surface area contributed by atoms with E-state index >= 15 is 0 Å². The normalized spacial score (nSPS) is 11.3. The third-order valence-corrected chi connectivity index (χ3v) is 6.41. The molecule has 6 nitrogen and oxygen atoms in total. The fourth-order valence-electron chi connectivity index (χ4n) is 2.37. The van der Waals surface area contributed by atoms with E-state index in [0.717, 1.165) is 10.7 Å². The predicted molar refractivity (Wildman–Crippen MR) is 103 cm³/mol. The van der Waals surface area contributed by atoms with Crippen molar-refractivity contribution < 1.29 is 17.9 Å². The molecule has 140 valence electrons. The van der Waals surface area contributed by atoms with Crippen molar-refractivity contribution in [1.82, 2.24) is 9.97 Å². The molecule has 0 spiro atoms. The van der Waals surface area contributed by atoms with Gasteiger partial charge in [0.15, 0.2) is 9.84 Å². The number of benzene rings is 1. The number of hydrogen-bond donors (Lipinski definition) is 0. The van der Waals surface area contributed by atoms with Crippen LogP contribution in [-0.4, -0.2) is 36.7 Å². The summed E-state index contributed by atoms with van der Waals surface area (Å²) in [6.45, 7) is 0.0577.